The number of nitrogens with zero attached hydrogens (tertiary/aromatic N) is 1. The zero-order chi connectivity index (χ0) is 12.8. The van der Waals surface area contributed by atoms with E-state index in [0.717, 1.165) is 38.4 Å². The van der Waals surface area contributed by atoms with Crippen LogP contribution in [0.3, 0.4) is 0 Å². The molecule has 0 spiro atoms. The van der Waals surface area contributed by atoms with Crippen molar-refractivity contribution in [3.05, 3.63) is 35.4 Å². The summed E-state index contributed by atoms with van der Waals surface area (Å²) in [4.78, 5) is 2.24. The molecule has 2 aliphatic rings. The summed E-state index contributed by atoms with van der Waals surface area (Å²) >= 11 is 0. The van der Waals surface area contributed by atoms with E-state index in [9.17, 15) is 13.9 Å². The van der Waals surface area contributed by atoms with Gasteiger partial charge in [-0.25, -0.2) is 8.78 Å². The molecule has 0 radical (unpaired) electrons. The molecule has 3 rings (SSSR count). The second-order valence-corrected chi connectivity index (χ2v) is 5.38. The average Bonchev–Trinajstić information content (AvgIpc) is 2.68. The van der Waals surface area contributed by atoms with E-state index >= 15 is 0 Å². The van der Waals surface area contributed by atoms with Gasteiger partial charge in [0.05, 0.1) is 0 Å². The molecule has 4 heteroatoms. The SMILES string of the molecule is OC1(c2cc(F)cc(F)c2)CCN2CCCCC21. The molecule has 0 aromatic heterocycles. The first-order valence-electron chi connectivity index (χ1n) is 6.52. The van der Waals surface area contributed by atoms with E-state index in [4.69, 9.17) is 0 Å². The zero-order valence-electron chi connectivity index (χ0n) is 10.2. The van der Waals surface area contributed by atoms with Crippen molar-refractivity contribution in [2.24, 2.45) is 0 Å². The van der Waals surface area contributed by atoms with Gasteiger partial charge in [-0.3, -0.25) is 4.90 Å². The predicted molar refractivity (Wildman–Crippen MR) is 64.1 cm³/mol. The fourth-order valence-electron chi connectivity index (χ4n) is 3.42. The van der Waals surface area contributed by atoms with Gasteiger partial charge in [-0.15, -0.1) is 0 Å². The topological polar surface area (TPSA) is 23.5 Å². The van der Waals surface area contributed by atoms with Crippen LogP contribution in [0.5, 0.6) is 0 Å². The number of benzene rings is 1. The van der Waals surface area contributed by atoms with E-state index in [-0.39, 0.29) is 6.04 Å². The number of rotatable bonds is 1. The first kappa shape index (κ1) is 12.1. The molecule has 2 heterocycles. The molecule has 98 valence electrons. The number of fused-ring (bicyclic) bond motifs is 1. The molecule has 0 amide bonds. The third-order valence-electron chi connectivity index (χ3n) is 4.31. The number of piperidine rings is 1. The Labute approximate surface area is 105 Å². The average molecular weight is 253 g/mol. The van der Waals surface area contributed by atoms with Crippen LogP contribution < -0.4 is 0 Å². The van der Waals surface area contributed by atoms with Crippen LogP contribution in [0.1, 0.15) is 31.2 Å². The van der Waals surface area contributed by atoms with Gasteiger partial charge in [0.2, 0.25) is 0 Å². The van der Waals surface area contributed by atoms with Gasteiger partial charge >= 0.3 is 0 Å². The Morgan fingerprint density at radius 2 is 1.83 bits per heavy atom. The smallest absolute Gasteiger partial charge is 0.126 e. The first-order chi connectivity index (χ1) is 8.59. The van der Waals surface area contributed by atoms with E-state index in [0.29, 0.717) is 12.0 Å². The second-order valence-electron chi connectivity index (χ2n) is 5.38. The third kappa shape index (κ3) is 1.84. The maximum atomic E-state index is 13.3. The number of hydrogen-bond acceptors (Lipinski definition) is 2. The van der Waals surface area contributed by atoms with Crippen molar-refractivity contribution in [1.82, 2.24) is 4.90 Å². The summed E-state index contributed by atoms with van der Waals surface area (Å²) in [6, 6.07) is 3.38. The van der Waals surface area contributed by atoms with Crippen LogP contribution >= 0.6 is 0 Å². The van der Waals surface area contributed by atoms with Crippen molar-refractivity contribution in [2.75, 3.05) is 13.1 Å². The minimum absolute atomic E-state index is 0.00690. The molecule has 1 N–H and O–H groups in total. The summed E-state index contributed by atoms with van der Waals surface area (Å²) in [6.45, 7) is 1.78. The van der Waals surface area contributed by atoms with Crippen molar-refractivity contribution in [2.45, 2.75) is 37.3 Å². The van der Waals surface area contributed by atoms with Crippen LogP contribution in [-0.2, 0) is 5.60 Å². The lowest BCUT2D eigenvalue weighted by molar-refractivity contribution is -0.0142. The van der Waals surface area contributed by atoms with Crippen LogP contribution in [0.4, 0.5) is 8.78 Å². The van der Waals surface area contributed by atoms with Gasteiger partial charge in [-0.2, -0.15) is 0 Å². The first-order valence-corrected chi connectivity index (χ1v) is 6.52. The largest absolute Gasteiger partial charge is 0.383 e. The van der Waals surface area contributed by atoms with Crippen LogP contribution in [0.15, 0.2) is 18.2 Å². The molecule has 18 heavy (non-hydrogen) atoms. The minimum Gasteiger partial charge on any atom is -0.383 e. The second kappa shape index (κ2) is 4.28. The Morgan fingerprint density at radius 1 is 1.11 bits per heavy atom. The number of halogens is 2. The Hall–Kier alpha value is -1.00. The van der Waals surface area contributed by atoms with Gasteiger partial charge in [0.1, 0.15) is 17.2 Å². The van der Waals surface area contributed by atoms with E-state index in [2.05, 4.69) is 4.90 Å². The summed E-state index contributed by atoms with van der Waals surface area (Å²) in [6.07, 6.45) is 3.67. The molecule has 0 saturated carbocycles. The molecule has 2 aliphatic heterocycles. The summed E-state index contributed by atoms with van der Waals surface area (Å²) < 4.78 is 26.6. The fourth-order valence-corrected chi connectivity index (χ4v) is 3.42. The molecule has 2 nitrogen and oxygen atoms in total. The molecule has 2 fully saturated rings. The van der Waals surface area contributed by atoms with Crippen LogP contribution in [0.25, 0.3) is 0 Å². The van der Waals surface area contributed by atoms with Crippen molar-refractivity contribution >= 4 is 0 Å². The molecule has 2 unspecified atom stereocenters. The van der Waals surface area contributed by atoms with Crippen LogP contribution in [0, 0.1) is 11.6 Å². The Balaban J connectivity index is 1.98. The van der Waals surface area contributed by atoms with Gasteiger partial charge in [-0.1, -0.05) is 6.42 Å². The summed E-state index contributed by atoms with van der Waals surface area (Å²) in [5, 5.41) is 10.8. The maximum Gasteiger partial charge on any atom is 0.126 e. The van der Waals surface area contributed by atoms with Gasteiger partial charge < -0.3 is 5.11 Å². The predicted octanol–water partition coefficient (Wildman–Crippen LogP) is 2.41. The van der Waals surface area contributed by atoms with Crippen molar-refractivity contribution in [1.29, 1.82) is 0 Å². The zero-order valence-corrected chi connectivity index (χ0v) is 10.2. The highest BCUT2D eigenvalue weighted by Crippen LogP contribution is 2.42. The molecule has 0 bridgehead atoms. The van der Waals surface area contributed by atoms with Crippen molar-refractivity contribution in [3.8, 4) is 0 Å². The van der Waals surface area contributed by atoms with E-state index in [1.807, 2.05) is 0 Å². The van der Waals surface area contributed by atoms with Crippen LogP contribution in [-0.4, -0.2) is 29.1 Å². The highest BCUT2D eigenvalue weighted by Gasteiger charge is 2.47. The molecule has 2 atom stereocenters. The van der Waals surface area contributed by atoms with Crippen LogP contribution in [0.2, 0.25) is 0 Å². The normalized spacial score (nSPS) is 32.5. The summed E-state index contributed by atoms with van der Waals surface area (Å²) in [7, 11) is 0. The highest BCUT2D eigenvalue weighted by molar-refractivity contribution is 5.28. The fraction of sp³-hybridized carbons (Fsp3) is 0.571. The van der Waals surface area contributed by atoms with Gasteiger partial charge in [0.15, 0.2) is 0 Å². The number of aliphatic hydroxyl groups is 1. The summed E-state index contributed by atoms with van der Waals surface area (Å²) in [5.41, 5.74) is -0.710. The lowest BCUT2D eigenvalue weighted by Crippen LogP contribution is -2.45. The standard InChI is InChI=1S/C14H17F2NO/c15-11-7-10(8-12(16)9-11)14(18)4-6-17-5-2-1-3-13(14)17/h7-9,13,18H,1-6H2. The molecular weight excluding hydrogens is 236 g/mol. The molecule has 1 aromatic rings. The van der Waals surface area contributed by atoms with E-state index in [1.54, 1.807) is 0 Å². The third-order valence-corrected chi connectivity index (χ3v) is 4.31. The molecular formula is C14H17F2NO. The Bertz CT molecular complexity index is 445. The van der Waals surface area contributed by atoms with E-state index < -0.39 is 17.2 Å². The van der Waals surface area contributed by atoms with Crippen molar-refractivity contribution < 1.29 is 13.9 Å². The van der Waals surface area contributed by atoms with Gasteiger partial charge in [0.25, 0.3) is 0 Å². The Kier molecular flexibility index (Phi) is 2.87. The summed E-state index contributed by atoms with van der Waals surface area (Å²) in [5.74, 6) is -1.24. The van der Waals surface area contributed by atoms with Gasteiger partial charge in [0, 0.05) is 18.7 Å². The molecule has 0 aliphatic carbocycles. The minimum atomic E-state index is -1.09. The quantitative estimate of drug-likeness (QED) is 0.830. The number of hydrogen-bond donors (Lipinski definition) is 1. The van der Waals surface area contributed by atoms with E-state index in [1.165, 1.54) is 12.1 Å². The van der Waals surface area contributed by atoms with Gasteiger partial charge in [-0.05, 0) is 43.5 Å². The lowest BCUT2D eigenvalue weighted by Gasteiger charge is -2.37. The molecule has 1 aromatic carbocycles. The van der Waals surface area contributed by atoms with Crippen molar-refractivity contribution in [3.63, 3.8) is 0 Å². The molecule has 2 saturated heterocycles. The maximum absolute atomic E-state index is 13.3. The highest BCUT2D eigenvalue weighted by atomic mass is 19.1. The monoisotopic (exact) mass is 253 g/mol. The Morgan fingerprint density at radius 3 is 2.56 bits per heavy atom. The lowest BCUT2D eigenvalue weighted by atomic mass is 9.83.